The Labute approximate surface area is 146 Å². The average molecular weight is 344 g/mol. The van der Waals surface area contributed by atoms with Crippen molar-refractivity contribution in [1.82, 2.24) is 14.5 Å². The topological polar surface area (TPSA) is 90.7 Å². The van der Waals surface area contributed by atoms with Gasteiger partial charge in [-0.15, -0.1) is 0 Å². The number of aromatic nitrogens is 2. The van der Waals surface area contributed by atoms with Crippen LogP contribution in [0.3, 0.4) is 0 Å². The summed E-state index contributed by atoms with van der Waals surface area (Å²) in [6.45, 7) is 3.27. The summed E-state index contributed by atoms with van der Waals surface area (Å²) in [7, 11) is 3.87. The molecule has 2 rings (SSSR count). The lowest BCUT2D eigenvalue weighted by atomic mass is 10.1. The normalized spacial score (nSPS) is 11.9. The van der Waals surface area contributed by atoms with Gasteiger partial charge in [-0.05, 0) is 26.1 Å². The number of likely N-dealkylation sites (N-methyl/N-ethyl adjacent to an activating group) is 1. The Hall–Kier alpha value is -2.67. The number of H-pyrrole nitrogens is 1. The van der Waals surface area contributed by atoms with Gasteiger partial charge in [-0.2, -0.15) is 0 Å². The van der Waals surface area contributed by atoms with Crippen LogP contribution in [0.1, 0.15) is 24.5 Å². The van der Waals surface area contributed by atoms with Crippen molar-refractivity contribution in [3.63, 3.8) is 0 Å². The molecule has 0 spiro atoms. The molecule has 0 saturated heterocycles. The van der Waals surface area contributed by atoms with Crippen LogP contribution in [0.5, 0.6) is 5.88 Å². The molecule has 7 nitrogen and oxygen atoms in total. The van der Waals surface area contributed by atoms with E-state index < -0.39 is 11.2 Å². The Morgan fingerprint density at radius 1 is 1.24 bits per heavy atom. The van der Waals surface area contributed by atoms with Crippen LogP contribution in [0.2, 0.25) is 0 Å². The second-order valence-corrected chi connectivity index (χ2v) is 6.01. The highest BCUT2D eigenvalue weighted by Crippen LogP contribution is 2.15. The summed E-state index contributed by atoms with van der Waals surface area (Å²) >= 11 is 0. The number of aliphatic imine (C=N–C) groups is 1. The van der Waals surface area contributed by atoms with E-state index in [4.69, 9.17) is 0 Å². The van der Waals surface area contributed by atoms with E-state index in [9.17, 15) is 14.7 Å². The van der Waals surface area contributed by atoms with Crippen molar-refractivity contribution in [1.29, 1.82) is 0 Å². The lowest BCUT2D eigenvalue weighted by Gasteiger charge is -2.13. The fraction of sp³-hybridized carbons (Fsp3) is 0.389. The molecule has 2 N–H and O–H groups in total. The fourth-order valence-electron chi connectivity index (χ4n) is 2.49. The van der Waals surface area contributed by atoms with Crippen LogP contribution >= 0.6 is 0 Å². The zero-order valence-electron chi connectivity index (χ0n) is 14.8. The van der Waals surface area contributed by atoms with E-state index in [1.165, 1.54) is 0 Å². The molecule has 0 bridgehead atoms. The predicted molar refractivity (Wildman–Crippen MR) is 98.8 cm³/mol. The number of aromatic hydroxyl groups is 1. The summed E-state index contributed by atoms with van der Waals surface area (Å²) in [6.07, 6.45) is 0.480. The number of rotatable bonds is 7. The predicted octanol–water partition coefficient (Wildman–Crippen LogP) is 1.05. The largest absolute Gasteiger partial charge is 0.494 e. The quantitative estimate of drug-likeness (QED) is 0.735. The van der Waals surface area contributed by atoms with Crippen molar-refractivity contribution >= 4 is 5.71 Å². The number of hydrogen-bond acceptors (Lipinski definition) is 5. The van der Waals surface area contributed by atoms with Gasteiger partial charge < -0.3 is 10.0 Å². The van der Waals surface area contributed by atoms with E-state index in [1.807, 2.05) is 56.3 Å². The number of benzene rings is 1. The highest BCUT2D eigenvalue weighted by molar-refractivity contribution is 6.01. The van der Waals surface area contributed by atoms with Crippen molar-refractivity contribution in [2.24, 2.45) is 4.99 Å². The molecule has 0 aliphatic heterocycles. The maximum Gasteiger partial charge on any atom is 0.331 e. The molecule has 0 unspecified atom stereocenters. The van der Waals surface area contributed by atoms with E-state index in [2.05, 4.69) is 9.98 Å². The third-order valence-electron chi connectivity index (χ3n) is 3.83. The molecule has 0 atom stereocenters. The lowest BCUT2D eigenvalue weighted by molar-refractivity contribution is 0.407. The third kappa shape index (κ3) is 4.67. The van der Waals surface area contributed by atoms with Gasteiger partial charge in [0.25, 0.3) is 5.56 Å². The number of nitrogens with one attached hydrogen (secondary N) is 1. The third-order valence-corrected chi connectivity index (χ3v) is 3.83. The summed E-state index contributed by atoms with van der Waals surface area (Å²) < 4.78 is 1.16. The zero-order valence-corrected chi connectivity index (χ0v) is 14.8. The van der Waals surface area contributed by atoms with Gasteiger partial charge in [0, 0.05) is 6.54 Å². The first-order chi connectivity index (χ1) is 11.9. The standard InChI is InChI=1S/C18H24N4O3/c1-4-14(19-10-11-21(2)3)15-16(23)20-18(25)22(17(15)24)12-13-8-6-5-7-9-13/h5-9,24H,4,10-12H2,1-3H3,(H,20,23,25). The second kappa shape index (κ2) is 8.43. The van der Waals surface area contributed by atoms with Gasteiger partial charge in [0.1, 0.15) is 5.56 Å². The van der Waals surface area contributed by atoms with Crippen molar-refractivity contribution in [3.8, 4) is 5.88 Å². The average Bonchev–Trinajstić information content (AvgIpc) is 2.57. The van der Waals surface area contributed by atoms with E-state index in [0.717, 1.165) is 16.7 Å². The SMILES string of the molecule is CCC(=NCCN(C)C)c1c(O)n(Cc2ccccc2)c(=O)[nH]c1=O. The summed E-state index contributed by atoms with van der Waals surface area (Å²) in [5.74, 6) is -0.344. The Kier molecular flexibility index (Phi) is 6.30. The highest BCUT2D eigenvalue weighted by Gasteiger charge is 2.18. The summed E-state index contributed by atoms with van der Waals surface area (Å²) in [4.78, 5) is 33.1. The molecule has 134 valence electrons. The van der Waals surface area contributed by atoms with Crippen LogP contribution < -0.4 is 11.2 Å². The number of nitrogens with zero attached hydrogens (tertiary/aromatic N) is 3. The molecular weight excluding hydrogens is 320 g/mol. The van der Waals surface area contributed by atoms with Crippen molar-refractivity contribution in [3.05, 3.63) is 62.3 Å². The van der Waals surface area contributed by atoms with Crippen molar-refractivity contribution in [2.75, 3.05) is 27.2 Å². The van der Waals surface area contributed by atoms with Gasteiger partial charge in [-0.3, -0.25) is 19.3 Å². The number of aromatic amines is 1. The van der Waals surface area contributed by atoms with Gasteiger partial charge in [-0.1, -0.05) is 37.3 Å². The minimum absolute atomic E-state index is 0.0665. The van der Waals surface area contributed by atoms with E-state index in [1.54, 1.807) is 0 Å². The van der Waals surface area contributed by atoms with E-state index >= 15 is 0 Å². The Morgan fingerprint density at radius 3 is 2.52 bits per heavy atom. The molecule has 2 aromatic rings. The molecule has 1 aromatic heterocycles. The molecule has 0 saturated carbocycles. The monoisotopic (exact) mass is 344 g/mol. The lowest BCUT2D eigenvalue weighted by Crippen LogP contribution is -2.34. The Morgan fingerprint density at radius 2 is 1.92 bits per heavy atom. The molecular formula is C18H24N4O3. The highest BCUT2D eigenvalue weighted by atomic mass is 16.3. The fourth-order valence-corrected chi connectivity index (χ4v) is 2.49. The first-order valence-electron chi connectivity index (χ1n) is 8.22. The van der Waals surface area contributed by atoms with Crippen molar-refractivity contribution in [2.45, 2.75) is 19.9 Å². The van der Waals surface area contributed by atoms with Crippen LogP contribution in [-0.4, -0.2) is 52.5 Å². The minimum atomic E-state index is -0.640. The maximum atomic E-state index is 12.2. The Balaban J connectivity index is 2.46. The molecule has 0 amide bonds. The van der Waals surface area contributed by atoms with Crippen molar-refractivity contribution < 1.29 is 5.11 Å². The summed E-state index contributed by atoms with van der Waals surface area (Å²) in [6, 6.07) is 9.27. The van der Waals surface area contributed by atoms with Gasteiger partial charge in [-0.25, -0.2) is 4.79 Å². The molecule has 0 aliphatic rings. The van der Waals surface area contributed by atoms with Crippen LogP contribution in [0, 0.1) is 0 Å². The zero-order chi connectivity index (χ0) is 18.4. The number of hydrogen-bond donors (Lipinski definition) is 2. The molecule has 25 heavy (non-hydrogen) atoms. The van der Waals surface area contributed by atoms with Gasteiger partial charge in [0.15, 0.2) is 0 Å². The molecule has 0 aliphatic carbocycles. The van der Waals surface area contributed by atoms with Gasteiger partial charge in [0.2, 0.25) is 5.88 Å². The van der Waals surface area contributed by atoms with Crippen LogP contribution in [0.25, 0.3) is 0 Å². The molecule has 0 fully saturated rings. The van der Waals surface area contributed by atoms with E-state index in [0.29, 0.717) is 18.7 Å². The van der Waals surface area contributed by atoms with Gasteiger partial charge >= 0.3 is 5.69 Å². The molecule has 1 aromatic carbocycles. The minimum Gasteiger partial charge on any atom is -0.494 e. The van der Waals surface area contributed by atoms with Crippen LogP contribution in [-0.2, 0) is 6.54 Å². The molecule has 1 heterocycles. The summed E-state index contributed by atoms with van der Waals surface area (Å²) in [5.41, 5.74) is 0.149. The maximum absolute atomic E-state index is 12.2. The molecule has 0 radical (unpaired) electrons. The van der Waals surface area contributed by atoms with Crippen LogP contribution in [0.15, 0.2) is 44.9 Å². The van der Waals surface area contributed by atoms with E-state index in [-0.39, 0.29) is 18.0 Å². The first kappa shape index (κ1) is 18.7. The van der Waals surface area contributed by atoms with Crippen LogP contribution in [0.4, 0.5) is 0 Å². The first-order valence-corrected chi connectivity index (χ1v) is 8.22. The smallest absolute Gasteiger partial charge is 0.331 e. The summed E-state index contributed by atoms with van der Waals surface area (Å²) in [5, 5.41) is 10.6. The van der Waals surface area contributed by atoms with Gasteiger partial charge in [0.05, 0.1) is 18.8 Å². The molecule has 7 heteroatoms. The Bertz CT molecular complexity index is 851. The second-order valence-electron chi connectivity index (χ2n) is 6.01.